The molecule has 0 fully saturated rings. The minimum absolute atomic E-state index is 0.0719. The van der Waals surface area contributed by atoms with Gasteiger partial charge in [-0.1, -0.05) is 12.1 Å². The molecule has 0 bridgehead atoms. The fraction of sp³-hybridized carbons (Fsp3) is 0.250. The van der Waals surface area contributed by atoms with E-state index >= 15 is 0 Å². The van der Waals surface area contributed by atoms with Crippen LogP contribution in [-0.4, -0.2) is 11.6 Å². The van der Waals surface area contributed by atoms with Crippen LogP contribution in [0.5, 0.6) is 0 Å². The molecule has 0 radical (unpaired) electrons. The molecule has 0 heterocycles. The van der Waals surface area contributed by atoms with Gasteiger partial charge in [0.25, 0.3) is 0 Å². The Balaban J connectivity index is 2.78. The highest BCUT2D eigenvalue weighted by Crippen LogP contribution is 2.24. The molecule has 18 heavy (non-hydrogen) atoms. The first-order valence-electron chi connectivity index (χ1n) is 5.97. The minimum atomic E-state index is 0.0719. The van der Waals surface area contributed by atoms with E-state index in [4.69, 9.17) is 0 Å². The van der Waals surface area contributed by atoms with Crippen molar-refractivity contribution in [2.75, 3.05) is 0 Å². The number of benzene rings is 2. The topological polar surface area (TPSA) is 34.1 Å². The number of hydrogen-bond donors (Lipinski definition) is 0. The number of aryl methyl sites for hydroxylation is 2. The third-order valence-electron chi connectivity index (χ3n) is 3.29. The zero-order valence-electron chi connectivity index (χ0n) is 11.1. The lowest BCUT2D eigenvalue weighted by Gasteiger charge is -2.09. The van der Waals surface area contributed by atoms with Gasteiger partial charge in [-0.05, 0) is 61.7 Å². The molecule has 2 aromatic carbocycles. The van der Waals surface area contributed by atoms with Gasteiger partial charge in [-0.3, -0.25) is 9.59 Å². The zero-order valence-corrected chi connectivity index (χ0v) is 11.1. The Morgan fingerprint density at radius 1 is 0.722 bits per heavy atom. The quantitative estimate of drug-likeness (QED) is 0.747. The molecule has 0 atom stereocenters. The first-order chi connectivity index (χ1) is 8.40. The van der Waals surface area contributed by atoms with Gasteiger partial charge in [0.2, 0.25) is 0 Å². The average molecular weight is 240 g/mol. The van der Waals surface area contributed by atoms with Crippen LogP contribution in [0.1, 0.15) is 45.7 Å². The Morgan fingerprint density at radius 2 is 1.06 bits per heavy atom. The van der Waals surface area contributed by atoms with Crippen molar-refractivity contribution in [2.24, 2.45) is 0 Å². The van der Waals surface area contributed by atoms with Crippen molar-refractivity contribution in [1.29, 1.82) is 0 Å². The summed E-state index contributed by atoms with van der Waals surface area (Å²) in [6.45, 7) is 6.99. The van der Waals surface area contributed by atoms with Gasteiger partial charge >= 0.3 is 0 Å². The van der Waals surface area contributed by atoms with Crippen molar-refractivity contribution in [3.8, 4) is 0 Å². The molecule has 2 heteroatoms. The largest absolute Gasteiger partial charge is 0.295 e. The Labute approximate surface area is 107 Å². The monoisotopic (exact) mass is 240 g/mol. The van der Waals surface area contributed by atoms with Crippen LogP contribution in [0.3, 0.4) is 0 Å². The summed E-state index contributed by atoms with van der Waals surface area (Å²) in [5.41, 5.74) is 3.40. The van der Waals surface area contributed by atoms with Gasteiger partial charge in [0, 0.05) is 11.1 Å². The van der Waals surface area contributed by atoms with E-state index in [0.717, 1.165) is 33.0 Å². The molecule has 0 unspecified atom stereocenters. The lowest BCUT2D eigenvalue weighted by molar-refractivity contribution is 0.100. The third-order valence-corrected chi connectivity index (χ3v) is 3.29. The second kappa shape index (κ2) is 4.37. The third kappa shape index (κ3) is 2.06. The molecule has 0 saturated carbocycles. The molecule has 0 aliphatic heterocycles. The molecule has 0 aliphatic carbocycles. The van der Waals surface area contributed by atoms with E-state index in [1.807, 2.05) is 38.1 Å². The lowest BCUT2D eigenvalue weighted by Crippen LogP contribution is -1.99. The van der Waals surface area contributed by atoms with Gasteiger partial charge in [-0.2, -0.15) is 0 Å². The van der Waals surface area contributed by atoms with Crippen molar-refractivity contribution < 1.29 is 9.59 Å². The summed E-state index contributed by atoms with van der Waals surface area (Å²) in [5, 5.41) is 2.02. The molecule has 0 spiro atoms. The van der Waals surface area contributed by atoms with Crippen molar-refractivity contribution in [2.45, 2.75) is 27.7 Å². The predicted octanol–water partition coefficient (Wildman–Crippen LogP) is 3.86. The van der Waals surface area contributed by atoms with Crippen LogP contribution in [0.4, 0.5) is 0 Å². The van der Waals surface area contributed by atoms with Crippen LogP contribution in [-0.2, 0) is 0 Å². The Hall–Kier alpha value is -1.96. The molecule has 2 rings (SSSR count). The summed E-state index contributed by atoms with van der Waals surface area (Å²) in [7, 11) is 0. The molecular weight excluding hydrogens is 224 g/mol. The fourth-order valence-electron chi connectivity index (χ4n) is 2.34. The number of carbonyl (C=O) groups is 2. The summed E-state index contributed by atoms with van der Waals surface area (Å²) in [6.07, 6.45) is 0. The van der Waals surface area contributed by atoms with E-state index in [9.17, 15) is 9.59 Å². The number of ketones is 2. The van der Waals surface area contributed by atoms with Gasteiger partial charge in [0.15, 0.2) is 11.6 Å². The normalized spacial score (nSPS) is 10.7. The Morgan fingerprint density at radius 3 is 1.33 bits per heavy atom. The minimum Gasteiger partial charge on any atom is -0.295 e. The summed E-state index contributed by atoms with van der Waals surface area (Å²) in [6, 6.07) is 7.75. The highest BCUT2D eigenvalue weighted by molar-refractivity contribution is 6.03. The van der Waals surface area contributed by atoms with Crippen molar-refractivity contribution in [3.63, 3.8) is 0 Å². The number of carbonyl (C=O) groups excluding carboxylic acids is 2. The van der Waals surface area contributed by atoms with E-state index in [-0.39, 0.29) is 11.6 Å². The van der Waals surface area contributed by atoms with Crippen LogP contribution in [0.15, 0.2) is 24.3 Å². The van der Waals surface area contributed by atoms with Crippen LogP contribution in [0.2, 0.25) is 0 Å². The SMILES string of the molecule is CC(=O)c1cc2cc(C)c(C(C)=O)cc2cc1C. The molecule has 0 amide bonds. The Bertz CT molecular complexity index is 607. The van der Waals surface area contributed by atoms with E-state index in [0.29, 0.717) is 0 Å². The van der Waals surface area contributed by atoms with Crippen LogP contribution < -0.4 is 0 Å². The van der Waals surface area contributed by atoms with Crippen molar-refractivity contribution >= 4 is 22.3 Å². The molecule has 0 aliphatic rings. The maximum absolute atomic E-state index is 11.5. The van der Waals surface area contributed by atoms with Crippen LogP contribution in [0.25, 0.3) is 10.8 Å². The lowest BCUT2D eigenvalue weighted by atomic mass is 9.95. The standard InChI is InChI=1S/C16H16O2/c1-9-5-13-8-16(12(4)18)10(2)6-14(13)7-15(9)11(3)17/h5-8H,1-4H3. The van der Waals surface area contributed by atoms with E-state index < -0.39 is 0 Å². The maximum atomic E-state index is 11.5. The van der Waals surface area contributed by atoms with E-state index in [1.165, 1.54) is 0 Å². The van der Waals surface area contributed by atoms with Gasteiger partial charge in [-0.15, -0.1) is 0 Å². The summed E-state index contributed by atoms with van der Waals surface area (Å²) in [4.78, 5) is 23.0. The molecule has 92 valence electrons. The second-order valence-electron chi connectivity index (χ2n) is 4.79. The molecule has 0 saturated heterocycles. The average Bonchev–Trinajstić information content (AvgIpc) is 2.27. The predicted molar refractivity (Wildman–Crippen MR) is 73.4 cm³/mol. The van der Waals surface area contributed by atoms with E-state index in [2.05, 4.69) is 0 Å². The maximum Gasteiger partial charge on any atom is 0.160 e. The molecule has 0 aromatic heterocycles. The van der Waals surface area contributed by atoms with Gasteiger partial charge in [0.05, 0.1) is 0 Å². The van der Waals surface area contributed by atoms with E-state index in [1.54, 1.807) is 13.8 Å². The summed E-state index contributed by atoms with van der Waals surface area (Å²) < 4.78 is 0. The van der Waals surface area contributed by atoms with Crippen LogP contribution in [0, 0.1) is 13.8 Å². The molecular formula is C16H16O2. The number of hydrogen-bond acceptors (Lipinski definition) is 2. The van der Waals surface area contributed by atoms with Crippen molar-refractivity contribution in [3.05, 3.63) is 46.5 Å². The highest BCUT2D eigenvalue weighted by atomic mass is 16.1. The Kier molecular flexibility index (Phi) is 3.04. The van der Waals surface area contributed by atoms with Gasteiger partial charge in [0.1, 0.15) is 0 Å². The summed E-state index contributed by atoms with van der Waals surface area (Å²) in [5.74, 6) is 0.144. The van der Waals surface area contributed by atoms with Crippen molar-refractivity contribution in [1.82, 2.24) is 0 Å². The number of fused-ring (bicyclic) bond motifs is 1. The van der Waals surface area contributed by atoms with Crippen LogP contribution >= 0.6 is 0 Å². The van der Waals surface area contributed by atoms with Gasteiger partial charge < -0.3 is 0 Å². The molecule has 2 aromatic rings. The van der Waals surface area contributed by atoms with Gasteiger partial charge in [-0.25, -0.2) is 0 Å². The second-order valence-corrected chi connectivity index (χ2v) is 4.79. The summed E-state index contributed by atoms with van der Waals surface area (Å²) >= 11 is 0. The molecule has 0 N–H and O–H groups in total. The number of Topliss-reactive ketones (excluding diaryl/α,β-unsaturated/α-hetero) is 2. The smallest absolute Gasteiger partial charge is 0.160 e. The first-order valence-corrected chi connectivity index (χ1v) is 5.97. The fourth-order valence-corrected chi connectivity index (χ4v) is 2.34. The first kappa shape index (κ1) is 12.5. The highest BCUT2D eigenvalue weighted by Gasteiger charge is 2.09. The zero-order chi connectivity index (χ0) is 13.4. The number of rotatable bonds is 2. The molecule has 2 nitrogen and oxygen atoms in total.